The van der Waals surface area contributed by atoms with Gasteiger partial charge in [-0.3, -0.25) is 24.7 Å². The van der Waals surface area contributed by atoms with Gasteiger partial charge in [-0.25, -0.2) is 4.79 Å². The van der Waals surface area contributed by atoms with E-state index < -0.39 is 23.4 Å². The van der Waals surface area contributed by atoms with Gasteiger partial charge in [-0.15, -0.1) is 0 Å². The smallest absolute Gasteiger partial charge is 0.340 e. The number of piperazine rings is 1. The SMILES string of the molecule is CCC1(C)NC(=O)N(NC(=O)CN2CCN(C(=O)Cc3ccccc3C)CC2)C1=O. The number of imide groups is 1. The molecule has 2 fully saturated rings. The van der Waals surface area contributed by atoms with Crippen molar-refractivity contribution in [3.05, 3.63) is 35.4 Å². The maximum Gasteiger partial charge on any atom is 0.344 e. The van der Waals surface area contributed by atoms with Gasteiger partial charge in [0.2, 0.25) is 5.91 Å². The minimum atomic E-state index is -0.993. The Hall–Kier alpha value is -2.94. The Morgan fingerprint density at radius 3 is 2.40 bits per heavy atom. The van der Waals surface area contributed by atoms with Crippen molar-refractivity contribution >= 4 is 23.8 Å². The van der Waals surface area contributed by atoms with Gasteiger partial charge in [-0.1, -0.05) is 31.2 Å². The number of carbonyl (C=O) groups excluding carboxylic acids is 4. The molecule has 0 saturated carbocycles. The topological polar surface area (TPSA) is 102 Å². The highest BCUT2D eigenvalue weighted by Gasteiger charge is 2.47. The second-order valence-electron chi connectivity index (χ2n) is 8.05. The molecule has 2 aliphatic heterocycles. The van der Waals surface area contributed by atoms with Gasteiger partial charge in [0.25, 0.3) is 11.8 Å². The number of hydrogen-bond donors (Lipinski definition) is 2. The minimum Gasteiger partial charge on any atom is -0.340 e. The van der Waals surface area contributed by atoms with Crippen LogP contribution in [-0.4, -0.2) is 76.8 Å². The van der Waals surface area contributed by atoms with Gasteiger partial charge < -0.3 is 10.2 Å². The molecule has 1 aromatic rings. The molecule has 0 aromatic heterocycles. The van der Waals surface area contributed by atoms with Gasteiger partial charge >= 0.3 is 6.03 Å². The predicted molar refractivity (Wildman–Crippen MR) is 110 cm³/mol. The minimum absolute atomic E-state index is 0.0553. The third-order valence-corrected chi connectivity index (χ3v) is 5.90. The summed E-state index contributed by atoms with van der Waals surface area (Å²) in [5, 5.41) is 3.35. The Morgan fingerprint density at radius 2 is 1.80 bits per heavy atom. The van der Waals surface area contributed by atoms with E-state index in [0.717, 1.165) is 16.1 Å². The van der Waals surface area contributed by atoms with E-state index in [1.807, 2.05) is 41.0 Å². The third-order valence-electron chi connectivity index (χ3n) is 5.90. The standard InChI is InChI=1S/C21H29N5O4/c1-4-21(3)19(29)26(20(30)22-21)23-17(27)14-24-9-11-25(12-10-24)18(28)13-16-8-6-5-7-15(16)2/h5-8H,4,9-14H2,1-3H3,(H,22,30)(H,23,27). The van der Waals surface area contributed by atoms with Gasteiger partial charge in [0.15, 0.2) is 0 Å². The molecule has 3 rings (SSSR count). The van der Waals surface area contributed by atoms with Crippen LogP contribution < -0.4 is 10.7 Å². The molecule has 0 aliphatic carbocycles. The molecule has 2 saturated heterocycles. The lowest BCUT2D eigenvalue weighted by molar-refractivity contribution is -0.139. The van der Waals surface area contributed by atoms with Crippen LogP contribution in [0.5, 0.6) is 0 Å². The van der Waals surface area contributed by atoms with Crippen molar-refractivity contribution in [3.8, 4) is 0 Å². The average molecular weight is 415 g/mol. The monoisotopic (exact) mass is 415 g/mol. The van der Waals surface area contributed by atoms with Crippen molar-refractivity contribution in [1.29, 1.82) is 0 Å². The molecule has 9 heteroatoms. The van der Waals surface area contributed by atoms with E-state index in [2.05, 4.69) is 10.7 Å². The second kappa shape index (κ2) is 8.83. The number of hydrogen-bond acceptors (Lipinski definition) is 5. The fourth-order valence-electron chi connectivity index (χ4n) is 3.63. The highest BCUT2D eigenvalue weighted by atomic mass is 16.2. The van der Waals surface area contributed by atoms with Crippen molar-refractivity contribution in [2.75, 3.05) is 32.7 Å². The highest BCUT2D eigenvalue weighted by Crippen LogP contribution is 2.19. The summed E-state index contributed by atoms with van der Waals surface area (Å²) < 4.78 is 0. The summed E-state index contributed by atoms with van der Waals surface area (Å²) in [6.45, 7) is 7.66. The first-order valence-corrected chi connectivity index (χ1v) is 10.2. The first-order valence-electron chi connectivity index (χ1n) is 10.2. The molecule has 0 bridgehead atoms. The first-order chi connectivity index (χ1) is 14.2. The Kier molecular flexibility index (Phi) is 6.40. The highest BCUT2D eigenvalue weighted by molar-refractivity contribution is 6.07. The summed E-state index contributed by atoms with van der Waals surface area (Å²) in [5.41, 5.74) is 3.53. The molecule has 0 radical (unpaired) electrons. The summed E-state index contributed by atoms with van der Waals surface area (Å²) in [6, 6.07) is 7.22. The maximum atomic E-state index is 12.6. The van der Waals surface area contributed by atoms with Crippen LogP contribution in [0.2, 0.25) is 0 Å². The van der Waals surface area contributed by atoms with E-state index >= 15 is 0 Å². The van der Waals surface area contributed by atoms with Crippen LogP contribution in [0.4, 0.5) is 4.79 Å². The van der Waals surface area contributed by atoms with E-state index in [0.29, 0.717) is 39.0 Å². The average Bonchev–Trinajstić information content (AvgIpc) is 2.93. The zero-order valence-electron chi connectivity index (χ0n) is 17.7. The lowest BCUT2D eigenvalue weighted by atomic mass is 10.00. The largest absolute Gasteiger partial charge is 0.344 e. The number of nitrogens with zero attached hydrogens (tertiary/aromatic N) is 3. The Morgan fingerprint density at radius 1 is 1.13 bits per heavy atom. The predicted octanol–water partition coefficient (Wildman–Crippen LogP) is 0.433. The maximum absolute atomic E-state index is 12.6. The molecule has 1 aromatic carbocycles. The van der Waals surface area contributed by atoms with Crippen molar-refractivity contribution in [3.63, 3.8) is 0 Å². The molecule has 2 N–H and O–H groups in total. The van der Waals surface area contributed by atoms with Gasteiger partial charge in [-0.05, 0) is 31.4 Å². The van der Waals surface area contributed by atoms with Gasteiger partial charge in [0, 0.05) is 26.2 Å². The summed E-state index contributed by atoms with van der Waals surface area (Å²) >= 11 is 0. The summed E-state index contributed by atoms with van der Waals surface area (Å²) in [5.74, 6) is -0.819. The van der Waals surface area contributed by atoms with Crippen molar-refractivity contribution in [2.45, 2.75) is 39.2 Å². The molecule has 2 heterocycles. The summed E-state index contributed by atoms with van der Waals surface area (Å²) in [6.07, 6.45) is 0.804. The number of hydrazine groups is 1. The van der Waals surface area contributed by atoms with E-state index in [1.165, 1.54) is 0 Å². The molecule has 2 aliphatic rings. The molecule has 5 amide bonds. The Labute approximate surface area is 176 Å². The molecule has 162 valence electrons. The number of carbonyl (C=O) groups is 4. The van der Waals surface area contributed by atoms with E-state index in [1.54, 1.807) is 13.8 Å². The van der Waals surface area contributed by atoms with Crippen molar-refractivity contribution in [1.82, 2.24) is 25.6 Å². The van der Waals surface area contributed by atoms with E-state index in [4.69, 9.17) is 0 Å². The Balaban J connectivity index is 1.46. The van der Waals surface area contributed by atoms with E-state index in [9.17, 15) is 19.2 Å². The van der Waals surface area contributed by atoms with Crippen LogP contribution in [0.3, 0.4) is 0 Å². The molecule has 9 nitrogen and oxygen atoms in total. The third kappa shape index (κ3) is 4.62. The van der Waals surface area contributed by atoms with Crippen molar-refractivity contribution in [2.24, 2.45) is 0 Å². The van der Waals surface area contributed by atoms with Crippen LogP contribution in [0.1, 0.15) is 31.4 Å². The van der Waals surface area contributed by atoms with Crippen LogP contribution in [-0.2, 0) is 20.8 Å². The molecule has 1 atom stereocenters. The number of urea groups is 1. The van der Waals surface area contributed by atoms with Crippen molar-refractivity contribution < 1.29 is 19.2 Å². The van der Waals surface area contributed by atoms with Crippen LogP contribution in [0.15, 0.2) is 24.3 Å². The molecule has 30 heavy (non-hydrogen) atoms. The second-order valence-corrected chi connectivity index (χ2v) is 8.05. The molecular formula is C21H29N5O4. The van der Waals surface area contributed by atoms with E-state index in [-0.39, 0.29) is 12.5 Å². The lowest BCUT2D eigenvalue weighted by Gasteiger charge is -2.34. The van der Waals surface area contributed by atoms with Crippen LogP contribution >= 0.6 is 0 Å². The van der Waals surface area contributed by atoms with Gasteiger partial charge in [0.1, 0.15) is 5.54 Å². The molecule has 0 spiro atoms. The quantitative estimate of drug-likeness (QED) is 0.656. The van der Waals surface area contributed by atoms with Gasteiger partial charge in [-0.2, -0.15) is 5.01 Å². The number of rotatable bonds is 6. The first kappa shape index (κ1) is 21.8. The fraction of sp³-hybridized carbons (Fsp3) is 0.524. The number of aryl methyl sites for hydroxylation is 1. The van der Waals surface area contributed by atoms with Gasteiger partial charge in [0.05, 0.1) is 13.0 Å². The normalized spacial score (nSPS) is 22.2. The molecule has 1 unspecified atom stereocenters. The van der Waals surface area contributed by atoms with Crippen LogP contribution in [0.25, 0.3) is 0 Å². The number of benzene rings is 1. The lowest BCUT2D eigenvalue weighted by Crippen LogP contribution is -2.54. The zero-order chi connectivity index (χ0) is 21.9. The molecular weight excluding hydrogens is 386 g/mol. The fourth-order valence-corrected chi connectivity index (χ4v) is 3.63. The summed E-state index contributed by atoms with van der Waals surface area (Å²) in [7, 11) is 0. The van der Waals surface area contributed by atoms with Crippen LogP contribution in [0, 0.1) is 6.92 Å². The zero-order valence-corrected chi connectivity index (χ0v) is 17.7. The summed E-state index contributed by atoms with van der Waals surface area (Å²) in [4.78, 5) is 53.0. The number of amides is 5. The number of nitrogens with one attached hydrogen (secondary N) is 2. The Bertz CT molecular complexity index is 850.